The summed E-state index contributed by atoms with van der Waals surface area (Å²) in [7, 11) is 1.58. The van der Waals surface area contributed by atoms with Crippen molar-refractivity contribution < 1.29 is 23.8 Å². The highest BCUT2D eigenvalue weighted by Gasteiger charge is 2.40. The lowest BCUT2D eigenvalue weighted by Crippen LogP contribution is -2.55. The van der Waals surface area contributed by atoms with E-state index in [1.165, 1.54) is 0 Å². The fraction of sp³-hybridized carbons (Fsp3) is 0.412. The van der Waals surface area contributed by atoms with E-state index < -0.39 is 11.5 Å². The minimum atomic E-state index is -0.883. The fourth-order valence-electron chi connectivity index (χ4n) is 3.08. The Hall–Kier alpha value is -2.50. The monoisotopic (exact) mass is 317 g/mol. The molecule has 2 N–H and O–H groups in total. The van der Waals surface area contributed by atoms with Gasteiger partial charge in [-0.1, -0.05) is 0 Å². The first-order valence-electron chi connectivity index (χ1n) is 7.58. The summed E-state index contributed by atoms with van der Waals surface area (Å²) < 4.78 is 10.6. The molecule has 0 spiro atoms. The molecule has 2 aromatic rings. The molecule has 0 bridgehead atoms. The maximum atomic E-state index is 12.3. The van der Waals surface area contributed by atoms with Gasteiger partial charge in [-0.25, -0.2) is 0 Å². The van der Waals surface area contributed by atoms with Gasteiger partial charge < -0.3 is 19.6 Å². The maximum absolute atomic E-state index is 12.3. The van der Waals surface area contributed by atoms with Crippen molar-refractivity contribution in [1.82, 2.24) is 5.32 Å². The van der Waals surface area contributed by atoms with Crippen molar-refractivity contribution in [3.05, 3.63) is 30.0 Å². The second-order valence-corrected chi connectivity index (χ2v) is 6.05. The Morgan fingerprint density at radius 3 is 2.78 bits per heavy atom. The van der Waals surface area contributed by atoms with E-state index in [0.717, 1.165) is 17.4 Å². The predicted octanol–water partition coefficient (Wildman–Crippen LogP) is 2.50. The van der Waals surface area contributed by atoms with Crippen molar-refractivity contribution in [2.24, 2.45) is 0 Å². The van der Waals surface area contributed by atoms with E-state index in [2.05, 4.69) is 5.32 Å². The fourth-order valence-corrected chi connectivity index (χ4v) is 3.08. The zero-order valence-electron chi connectivity index (χ0n) is 12.9. The first-order chi connectivity index (χ1) is 11.0. The molecule has 23 heavy (non-hydrogen) atoms. The van der Waals surface area contributed by atoms with Gasteiger partial charge in [-0.05, 0) is 31.4 Å². The minimum absolute atomic E-state index is 0.0257. The number of carboxylic acid groups (broad SMARTS) is 1. The molecule has 0 unspecified atom stereocenters. The number of ether oxygens (including phenoxy) is 1. The Morgan fingerprint density at radius 1 is 1.39 bits per heavy atom. The third kappa shape index (κ3) is 3.16. The lowest BCUT2D eigenvalue weighted by molar-refractivity contribution is -0.140. The summed E-state index contributed by atoms with van der Waals surface area (Å²) >= 11 is 0. The van der Waals surface area contributed by atoms with Gasteiger partial charge in [-0.2, -0.15) is 0 Å². The molecule has 1 heterocycles. The number of methoxy groups -OCH3 is 1. The van der Waals surface area contributed by atoms with Crippen molar-refractivity contribution in [3.63, 3.8) is 0 Å². The van der Waals surface area contributed by atoms with Gasteiger partial charge in [0.15, 0.2) is 0 Å². The van der Waals surface area contributed by atoms with Crippen molar-refractivity contribution in [2.45, 2.75) is 37.6 Å². The summed E-state index contributed by atoms with van der Waals surface area (Å²) in [6.45, 7) is 0. The van der Waals surface area contributed by atoms with Gasteiger partial charge in [0.2, 0.25) is 5.91 Å². The minimum Gasteiger partial charge on any atom is -0.497 e. The number of carbonyl (C=O) groups excluding carboxylic acids is 1. The van der Waals surface area contributed by atoms with Crippen LogP contribution in [-0.2, 0) is 16.0 Å². The topological polar surface area (TPSA) is 88.8 Å². The van der Waals surface area contributed by atoms with Crippen molar-refractivity contribution in [3.8, 4) is 5.75 Å². The summed E-state index contributed by atoms with van der Waals surface area (Å²) in [5, 5.41) is 12.8. The largest absolute Gasteiger partial charge is 0.497 e. The van der Waals surface area contributed by atoms with E-state index in [-0.39, 0.29) is 18.7 Å². The van der Waals surface area contributed by atoms with Gasteiger partial charge in [0.1, 0.15) is 11.3 Å². The predicted molar refractivity (Wildman–Crippen MR) is 83.4 cm³/mol. The number of fused-ring (bicyclic) bond motifs is 1. The molecular formula is C17H19NO5. The lowest BCUT2D eigenvalue weighted by atomic mass is 9.74. The average Bonchev–Trinajstić information content (AvgIpc) is 2.86. The van der Waals surface area contributed by atoms with Crippen LogP contribution in [0.5, 0.6) is 5.75 Å². The summed E-state index contributed by atoms with van der Waals surface area (Å²) in [4.78, 5) is 23.3. The molecule has 6 heteroatoms. The number of hydrogen-bond acceptors (Lipinski definition) is 4. The van der Waals surface area contributed by atoms with E-state index in [0.29, 0.717) is 24.2 Å². The molecule has 0 radical (unpaired) electrons. The van der Waals surface area contributed by atoms with Crippen LogP contribution >= 0.6 is 0 Å². The number of carbonyl (C=O) groups is 2. The Morgan fingerprint density at radius 2 is 2.17 bits per heavy atom. The summed E-state index contributed by atoms with van der Waals surface area (Å²) in [5.41, 5.74) is 0.868. The number of benzene rings is 1. The summed E-state index contributed by atoms with van der Waals surface area (Å²) in [6, 6.07) is 5.45. The smallest absolute Gasteiger partial charge is 0.305 e. The third-order valence-corrected chi connectivity index (χ3v) is 4.42. The average molecular weight is 317 g/mol. The molecule has 1 aliphatic carbocycles. The van der Waals surface area contributed by atoms with Crippen LogP contribution in [0, 0.1) is 0 Å². The maximum Gasteiger partial charge on any atom is 0.305 e. The van der Waals surface area contributed by atoms with Crippen LogP contribution in [0.4, 0.5) is 0 Å². The van der Waals surface area contributed by atoms with E-state index >= 15 is 0 Å². The van der Waals surface area contributed by atoms with Crippen LogP contribution in [0.1, 0.15) is 31.2 Å². The molecule has 3 rings (SSSR count). The first kappa shape index (κ1) is 15.4. The Balaban J connectivity index is 1.71. The molecule has 1 aromatic carbocycles. The molecule has 0 aliphatic heterocycles. The number of rotatable bonds is 6. The summed E-state index contributed by atoms with van der Waals surface area (Å²) in [5.74, 6) is -0.368. The normalized spacial score (nSPS) is 15.9. The van der Waals surface area contributed by atoms with Crippen molar-refractivity contribution in [1.29, 1.82) is 0 Å². The van der Waals surface area contributed by atoms with Crippen LogP contribution in [0.15, 0.2) is 28.9 Å². The molecule has 122 valence electrons. The van der Waals surface area contributed by atoms with Crippen LogP contribution in [-0.4, -0.2) is 29.6 Å². The van der Waals surface area contributed by atoms with Gasteiger partial charge in [0.25, 0.3) is 0 Å². The first-order valence-corrected chi connectivity index (χ1v) is 7.58. The second-order valence-electron chi connectivity index (χ2n) is 6.05. The number of amides is 1. The van der Waals surface area contributed by atoms with Crippen LogP contribution < -0.4 is 10.1 Å². The lowest BCUT2D eigenvalue weighted by Gasteiger charge is -2.41. The van der Waals surface area contributed by atoms with E-state index in [4.69, 9.17) is 14.3 Å². The van der Waals surface area contributed by atoms with Crippen molar-refractivity contribution in [2.75, 3.05) is 7.11 Å². The molecular weight excluding hydrogens is 298 g/mol. The number of furan rings is 1. The van der Waals surface area contributed by atoms with Gasteiger partial charge in [-0.3, -0.25) is 9.59 Å². The zero-order valence-corrected chi connectivity index (χ0v) is 12.9. The Labute approximate surface area is 133 Å². The second kappa shape index (κ2) is 5.95. The van der Waals surface area contributed by atoms with Gasteiger partial charge in [0, 0.05) is 17.0 Å². The number of hydrogen-bond donors (Lipinski definition) is 2. The standard InChI is InChI=1S/C17H19NO5/c1-22-12-3-4-13-11(10-23-14(13)8-12)7-15(19)18-17(5-2-6-17)9-16(20)21/h3-4,8,10H,2,5-7,9H2,1H3,(H,18,19)(H,20,21). The van der Waals surface area contributed by atoms with Gasteiger partial charge in [-0.15, -0.1) is 0 Å². The number of nitrogens with one attached hydrogen (secondary N) is 1. The SMILES string of the molecule is COc1ccc2c(CC(=O)NC3(CC(=O)O)CCC3)coc2c1. The molecule has 0 saturated heterocycles. The zero-order chi connectivity index (χ0) is 16.4. The molecule has 0 atom stereocenters. The van der Waals surface area contributed by atoms with Crippen LogP contribution in [0.2, 0.25) is 0 Å². The molecule has 6 nitrogen and oxygen atoms in total. The van der Waals surface area contributed by atoms with Crippen LogP contribution in [0.3, 0.4) is 0 Å². The number of aliphatic carboxylic acids is 1. The summed E-state index contributed by atoms with van der Waals surface area (Å²) in [6.07, 6.45) is 4.09. The quantitative estimate of drug-likeness (QED) is 0.854. The molecule has 1 fully saturated rings. The Kier molecular flexibility index (Phi) is 3.98. The molecule has 1 amide bonds. The molecule has 1 aromatic heterocycles. The van der Waals surface area contributed by atoms with Crippen LogP contribution in [0.25, 0.3) is 11.0 Å². The van der Waals surface area contributed by atoms with E-state index in [1.54, 1.807) is 19.4 Å². The van der Waals surface area contributed by atoms with E-state index in [1.807, 2.05) is 12.1 Å². The Bertz CT molecular complexity index is 745. The van der Waals surface area contributed by atoms with Crippen molar-refractivity contribution >= 4 is 22.8 Å². The molecule has 1 saturated carbocycles. The molecule has 1 aliphatic rings. The van der Waals surface area contributed by atoms with Gasteiger partial charge >= 0.3 is 5.97 Å². The van der Waals surface area contributed by atoms with Gasteiger partial charge in [0.05, 0.1) is 31.8 Å². The number of carboxylic acids is 1. The third-order valence-electron chi connectivity index (χ3n) is 4.42. The highest BCUT2D eigenvalue weighted by Crippen LogP contribution is 2.35. The van der Waals surface area contributed by atoms with E-state index in [9.17, 15) is 9.59 Å². The highest BCUT2D eigenvalue weighted by molar-refractivity contribution is 5.88. The highest BCUT2D eigenvalue weighted by atomic mass is 16.5.